The van der Waals surface area contributed by atoms with Crippen LogP contribution < -0.4 is 0 Å². The molecular weight excluding hydrogens is 199 g/mol. The fraction of sp³-hybridized carbons (Fsp3) is 0.375. The van der Waals surface area contributed by atoms with E-state index in [2.05, 4.69) is 0 Å². The Morgan fingerprint density at radius 3 is 2.58 bits per heavy atom. The molecule has 0 saturated carbocycles. The first-order valence-corrected chi connectivity index (χ1v) is 3.85. The highest BCUT2D eigenvalue weighted by Crippen LogP contribution is 2.30. The third-order valence-electron chi connectivity index (χ3n) is 1.75. The van der Waals surface area contributed by atoms with Crippen LogP contribution in [-0.2, 0) is 4.79 Å². The summed E-state index contributed by atoms with van der Waals surface area (Å²) >= 11 is 5.77. The van der Waals surface area contributed by atoms with E-state index in [1.54, 1.807) is 0 Å². The first kappa shape index (κ1) is 11.5. The lowest BCUT2D eigenvalue weighted by Crippen LogP contribution is -2.00. The molecule has 0 fully saturated rings. The minimum Gasteiger partial charge on any atom is -0.515 e. The molecule has 0 bridgehead atoms. The van der Waals surface area contributed by atoms with Gasteiger partial charge in [-0.1, -0.05) is 11.6 Å². The fourth-order valence-corrected chi connectivity index (χ4v) is 1.41. The molecule has 0 atom stereocenters. The zero-order valence-electron chi connectivity index (χ0n) is 6.42. The molecule has 0 aromatic heterocycles. The molecule has 0 aromatic rings. The lowest BCUT2D eigenvalue weighted by atomic mass is 9.96. The predicted octanol–water partition coefficient (Wildman–Crippen LogP) is 2.73. The van der Waals surface area contributed by atoms with Crippen LogP contribution in [0.25, 0.3) is 0 Å². The van der Waals surface area contributed by atoms with Crippen molar-refractivity contribution in [3.8, 4) is 0 Å². The largest absolute Gasteiger partial charge is 0.515 e. The molecule has 0 radical (unpaired) electrons. The molecule has 0 aliphatic heterocycles. The topological polar surface area (TPSA) is 37.3 Å². The number of aliphatic hydroxyl groups is 1. The minimum absolute atomic E-state index is 0. The highest BCUT2D eigenvalue weighted by Gasteiger charge is 2.14. The Balaban J connectivity index is 0.00000121. The van der Waals surface area contributed by atoms with Crippen molar-refractivity contribution in [1.29, 1.82) is 0 Å². The summed E-state index contributed by atoms with van der Waals surface area (Å²) < 4.78 is 0. The smallest absolute Gasteiger partial charge is 0.147 e. The average molecular weight is 209 g/mol. The first-order valence-electron chi connectivity index (χ1n) is 3.47. The van der Waals surface area contributed by atoms with Gasteiger partial charge in [-0.15, -0.1) is 12.4 Å². The van der Waals surface area contributed by atoms with Crippen LogP contribution in [0.15, 0.2) is 22.4 Å². The molecule has 0 saturated heterocycles. The number of hydrogen-bond donors (Lipinski definition) is 1. The SMILES string of the molecule is Cl.O=CC1=C(Cl)/C(=C\O)CCC1. The summed E-state index contributed by atoms with van der Waals surface area (Å²) in [6.45, 7) is 0. The second kappa shape index (κ2) is 5.22. The van der Waals surface area contributed by atoms with Crippen molar-refractivity contribution >= 4 is 30.3 Å². The molecule has 0 unspecified atom stereocenters. The van der Waals surface area contributed by atoms with Gasteiger partial charge in [0.05, 0.1) is 11.3 Å². The third-order valence-corrected chi connectivity index (χ3v) is 2.24. The van der Waals surface area contributed by atoms with E-state index in [9.17, 15) is 4.79 Å². The number of aliphatic hydroxyl groups excluding tert-OH is 1. The van der Waals surface area contributed by atoms with Gasteiger partial charge in [-0.25, -0.2) is 0 Å². The molecule has 12 heavy (non-hydrogen) atoms. The molecule has 1 aliphatic carbocycles. The van der Waals surface area contributed by atoms with Gasteiger partial charge in [-0.05, 0) is 19.3 Å². The molecule has 1 rings (SSSR count). The minimum atomic E-state index is 0. The highest BCUT2D eigenvalue weighted by molar-refractivity contribution is 6.33. The van der Waals surface area contributed by atoms with E-state index in [-0.39, 0.29) is 12.4 Å². The van der Waals surface area contributed by atoms with Crippen LogP contribution in [0, 0.1) is 0 Å². The Labute approximate surface area is 82.3 Å². The van der Waals surface area contributed by atoms with Gasteiger partial charge in [0.2, 0.25) is 0 Å². The standard InChI is InChI=1S/C8H9ClO2.ClH/c9-8-6(4-10)2-1-3-7(8)5-11;/h4-5,10H,1-3H2;1H/b6-4-;. The number of aldehydes is 1. The highest BCUT2D eigenvalue weighted by atomic mass is 35.5. The second-order valence-corrected chi connectivity index (χ2v) is 2.84. The van der Waals surface area contributed by atoms with Crippen molar-refractivity contribution < 1.29 is 9.90 Å². The monoisotopic (exact) mass is 208 g/mol. The van der Waals surface area contributed by atoms with Crippen LogP contribution in [0.4, 0.5) is 0 Å². The second-order valence-electron chi connectivity index (χ2n) is 2.46. The van der Waals surface area contributed by atoms with Crippen LogP contribution in [0.3, 0.4) is 0 Å². The summed E-state index contributed by atoms with van der Waals surface area (Å²) in [5, 5.41) is 9.10. The maximum absolute atomic E-state index is 10.4. The quantitative estimate of drug-likeness (QED) is 0.532. The lowest BCUT2D eigenvalue weighted by molar-refractivity contribution is -0.105. The number of carbonyl (C=O) groups excluding carboxylic acids is 1. The molecule has 2 nitrogen and oxygen atoms in total. The van der Waals surface area contributed by atoms with Crippen LogP contribution in [0.2, 0.25) is 0 Å². The molecule has 0 heterocycles. The van der Waals surface area contributed by atoms with Gasteiger partial charge < -0.3 is 5.11 Å². The number of rotatable bonds is 1. The Morgan fingerprint density at radius 2 is 2.08 bits per heavy atom. The Bertz CT molecular complexity index is 231. The van der Waals surface area contributed by atoms with E-state index >= 15 is 0 Å². The average Bonchev–Trinajstić information content (AvgIpc) is 2.05. The van der Waals surface area contributed by atoms with E-state index < -0.39 is 0 Å². The summed E-state index contributed by atoms with van der Waals surface area (Å²) in [6, 6.07) is 0. The first-order chi connectivity index (χ1) is 5.29. The van der Waals surface area contributed by atoms with Crippen LogP contribution >= 0.6 is 24.0 Å². The Kier molecular flexibility index (Phi) is 5.02. The van der Waals surface area contributed by atoms with Crippen LogP contribution in [-0.4, -0.2) is 11.4 Å². The van der Waals surface area contributed by atoms with E-state index in [0.29, 0.717) is 16.2 Å². The van der Waals surface area contributed by atoms with Crippen molar-refractivity contribution in [2.24, 2.45) is 0 Å². The maximum atomic E-state index is 10.4. The van der Waals surface area contributed by atoms with Crippen LogP contribution in [0.1, 0.15) is 19.3 Å². The molecular formula is C8H10Cl2O2. The van der Waals surface area contributed by atoms with Crippen molar-refractivity contribution in [3.63, 3.8) is 0 Å². The van der Waals surface area contributed by atoms with Gasteiger partial charge in [0.25, 0.3) is 0 Å². The Morgan fingerprint density at radius 1 is 1.42 bits per heavy atom. The van der Waals surface area contributed by atoms with Gasteiger partial charge >= 0.3 is 0 Å². The molecule has 1 aliphatic rings. The van der Waals surface area contributed by atoms with E-state index in [4.69, 9.17) is 16.7 Å². The summed E-state index contributed by atoms with van der Waals surface area (Å²) in [5.74, 6) is 0. The summed E-state index contributed by atoms with van der Waals surface area (Å²) in [7, 11) is 0. The molecule has 4 heteroatoms. The zero-order chi connectivity index (χ0) is 8.27. The molecule has 0 aromatic carbocycles. The lowest BCUT2D eigenvalue weighted by Gasteiger charge is -2.13. The third kappa shape index (κ3) is 2.26. The van der Waals surface area contributed by atoms with Crippen molar-refractivity contribution in [1.82, 2.24) is 0 Å². The van der Waals surface area contributed by atoms with E-state index in [1.807, 2.05) is 0 Å². The van der Waals surface area contributed by atoms with Crippen LogP contribution in [0.5, 0.6) is 0 Å². The molecule has 0 amide bonds. The van der Waals surface area contributed by atoms with Gasteiger partial charge in [-0.2, -0.15) is 0 Å². The maximum Gasteiger partial charge on any atom is 0.147 e. The summed E-state index contributed by atoms with van der Waals surface area (Å²) in [5.41, 5.74) is 1.26. The number of hydrogen-bond acceptors (Lipinski definition) is 2. The molecule has 68 valence electrons. The predicted molar refractivity (Wildman–Crippen MR) is 50.8 cm³/mol. The summed E-state index contributed by atoms with van der Waals surface area (Å²) in [4.78, 5) is 10.4. The van der Waals surface area contributed by atoms with E-state index in [1.165, 1.54) is 0 Å². The van der Waals surface area contributed by atoms with Crippen molar-refractivity contribution in [2.45, 2.75) is 19.3 Å². The normalized spacial score (nSPS) is 20.6. The number of halogens is 2. The fourth-order valence-electron chi connectivity index (χ4n) is 1.13. The van der Waals surface area contributed by atoms with Gasteiger partial charge in [0, 0.05) is 11.1 Å². The van der Waals surface area contributed by atoms with Gasteiger partial charge in [0.15, 0.2) is 0 Å². The van der Waals surface area contributed by atoms with E-state index in [0.717, 1.165) is 31.8 Å². The number of carbonyl (C=O) groups is 1. The van der Waals surface area contributed by atoms with Gasteiger partial charge in [0.1, 0.15) is 6.29 Å². The number of allylic oxidation sites excluding steroid dienone is 3. The molecule has 1 N–H and O–H groups in total. The Hall–Kier alpha value is -0.470. The van der Waals surface area contributed by atoms with Crippen molar-refractivity contribution in [2.75, 3.05) is 0 Å². The molecule has 0 spiro atoms. The summed E-state index contributed by atoms with van der Waals surface area (Å²) in [6.07, 6.45) is 4.10. The van der Waals surface area contributed by atoms with Crippen molar-refractivity contribution in [3.05, 3.63) is 22.4 Å². The van der Waals surface area contributed by atoms with Gasteiger partial charge in [-0.3, -0.25) is 4.79 Å². The zero-order valence-corrected chi connectivity index (χ0v) is 7.99.